The van der Waals surface area contributed by atoms with Crippen molar-refractivity contribution in [2.45, 2.75) is 51.5 Å². The van der Waals surface area contributed by atoms with E-state index < -0.39 is 0 Å². The monoisotopic (exact) mass is 329 g/mol. The third-order valence-corrected chi connectivity index (χ3v) is 5.05. The van der Waals surface area contributed by atoms with Gasteiger partial charge in [0.25, 0.3) is 0 Å². The van der Waals surface area contributed by atoms with Gasteiger partial charge in [0.15, 0.2) is 0 Å². The first kappa shape index (κ1) is 14.2. The molecular formula is C15H21BrClN. The van der Waals surface area contributed by atoms with Gasteiger partial charge in [0.1, 0.15) is 0 Å². The van der Waals surface area contributed by atoms with Gasteiger partial charge in [-0.1, -0.05) is 31.4 Å². The van der Waals surface area contributed by atoms with E-state index in [0.717, 1.165) is 15.4 Å². The van der Waals surface area contributed by atoms with Crippen molar-refractivity contribution in [2.75, 3.05) is 5.32 Å². The molecule has 1 aliphatic rings. The Balaban J connectivity index is 1.85. The molecule has 2 rings (SSSR count). The lowest BCUT2D eigenvalue weighted by atomic mass is 9.83. The summed E-state index contributed by atoms with van der Waals surface area (Å²) in [7, 11) is 0. The first-order chi connectivity index (χ1) is 8.69. The van der Waals surface area contributed by atoms with Gasteiger partial charge in [0.2, 0.25) is 0 Å². The third-order valence-electron chi connectivity index (χ3n) is 3.83. The van der Waals surface area contributed by atoms with Gasteiger partial charge in [-0.15, -0.1) is 0 Å². The second kappa shape index (κ2) is 6.81. The van der Waals surface area contributed by atoms with Gasteiger partial charge in [-0.05, 0) is 65.7 Å². The molecule has 0 amide bonds. The minimum atomic E-state index is 0.631. The molecule has 1 N–H and O–H groups in total. The van der Waals surface area contributed by atoms with Crippen molar-refractivity contribution in [3.63, 3.8) is 0 Å². The number of anilines is 1. The highest BCUT2D eigenvalue weighted by molar-refractivity contribution is 9.10. The average Bonchev–Trinajstić information content (AvgIpc) is 2.37. The molecule has 0 aliphatic heterocycles. The van der Waals surface area contributed by atoms with Gasteiger partial charge >= 0.3 is 0 Å². The number of halogens is 2. The Hall–Kier alpha value is -0.210. The van der Waals surface area contributed by atoms with Crippen LogP contribution in [0.1, 0.15) is 45.4 Å². The molecule has 100 valence electrons. The summed E-state index contributed by atoms with van der Waals surface area (Å²) in [6.45, 7) is 2.29. The average molecular weight is 331 g/mol. The molecule has 0 atom stereocenters. The number of rotatable bonds is 4. The molecule has 0 heterocycles. The first-order valence-electron chi connectivity index (χ1n) is 6.90. The summed E-state index contributed by atoms with van der Waals surface area (Å²) >= 11 is 9.47. The number of nitrogens with one attached hydrogen (secondary N) is 1. The van der Waals surface area contributed by atoms with Crippen LogP contribution in [0, 0.1) is 5.92 Å². The molecule has 1 saturated carbocycles. The smallest absolute Gasteiger partial charge is 0.0549 e. The number of benzene rings is 1. The molecule has 1 aliphatic carbocycles. The van der Waals surface area contributed by atoms with E-state index in [2.05, 4.69) is 40.3 Å². The Kier molecular flexibility index (Phi) is 5.38. The summed E-state index contributed by atoms with van der Waals surface area (Å²) in [5.74, 6) is 0.963. The lowest BCUT2D eigenvalue weighted by Crippen LogP contribution is -2.26. The maximum Gasteiger partial charge on any atom is 0.0549 e. The zero-order valence-corrected chi connectivity index (χ0v) is 13.2. The minimum Gasteiger partial charge on any atom is -0.382 e. The van der Waals surface area contributed by atoms with E-state index >= 15 is 0 Å². The maximum atomic E-state index is 6.00. The van der Waals surface area contributed by atoms with E-state index in [1.54, 1.807) is 0 Å². The quantitative estimate of drug-likeness (QED) is 0.727. The van der Waals surface area contributed by atoms with Crippen LogP contribution in [0.4, 0.5) is 5.69 Å². The molecule has 0 aromatic heterocycles. The second-order valence-electron chi connectivity index (χ2n) is 5.28. The van der Waals surface area contributed by atoms with Crippen LogP contribution in [0.3, 0.4) is 0 Å². The van der Waals surface area contributed by atoms with Gasteiger partial charge in [0, 0.05) is 16.2 Å². The topological polar surface area (TPSA) is 12.0 Å². The summed E-state index contributed by atoms with van der Waals surface area (Å²) in [6, 6.07) is 6.70. The fourth-order valence-electron chi connectivity index (χ4n) is 2.83. The van der Waals surface area contributed by atoms with Crippen LogP contribution in [-0.4, -0.2) is 6.04 Å². The van der Waals surface area contributed by atoms with Crippen LogP contribution in [0.5, 0.6) is 0 Å². The standard InChI is InChI=1S/C15H21BrClN/c1-2-3-11-4-6-12(7-5-11)18-13-8-9-15(17)14(16)10-13/h8-12,18H,2-7H2,1H3. The van der Waals surface area contributed by atoms with Gasteiger partial charge in [-0.2, -0.15) is 0 Å². The third kappa shape index (κ3) is 3.89. The Bertz CT molecular complexity index is 386. The molecule has 0 saturated heterocycles. The van der Waals surface area contributed by atoms with Crippen molar-refractivity contribution in [1.82, 2.24) is 0 Å². The fraction of sp³-hybridized carbons (Fsp3) is 0.600. The predicted molar refractivity (Wildman–Crippen MR) is 83.4 cm³/mol. The van der Waals surface area contributed by atoms with Crippen LogP contribution in [-0.2, 0) is 0 Å². The summed E-state index contributed by atoms with van der Waals surface area (Å²) < 4.78 is 0.967. The molecule has 0 spiro atoms. The van der Waals surface area contributed by atoms with Gasteiger partial charge in [-0.25, -0.2) is 0 Å². The SMILES string of the molecule is CCCC1CCC(Nc2ccc(Cl)c(Br)c2)CC1. The van der Waals surface area contributed by atoms with Crippen molar-refractivity contribution in [1.29, 1.82) is 0 Å². The van der Waals surface area contributed by atoms with Crippen LogP contribution < -0.4 is 5.32 Å². The molecule has 0 unspecified atom stereocenters. The molecule has 1 nitrogen and oxygen atoms in total. The van der Waals surface area contributed by atoms with E-state index in [0.29, 0.717) is 6.04 Å². The van der Waals surface area contributed by atoms with Crippen LogP contribution >= 0.6 is 27.5 Å². The second-order valence-corrected chi connectivity index (χ2v) is 6.54. The Morgan fingerprint density at radius 3 is 2.61 bits per heavy atom. The van der Waals surface area contributed by atoms with Crippen molar-refractivity contribution in [2.24, 2.45) is 5.92 Å². The summed E-state index contributed by atoms with van der Waals surface area (Å²) in [4.78, 5) is 0. The lowest BCUT2D eigenvalue weighted by Gasteiger charge is -2.29. The summed E-state index contributed by atoms with van der Waals surface area (Å²) in [5, 5.41) is 4.39. The van der Waals surface area contributed by atoms with E-state index in [4.69, 9.17) is 11.6 Å². The number of hydrogen-bond donors (Lipinski definition) is 1. The molecule has 0 radical (unpaired) electrons. The van der Waals surface area contributed by atoms with E-state index in [9.17, 15) is 0 Å². The molecule has 1 aromatic carbocycles. The molecule has 0 bridgehead atoms. The van der Waals surface area contributed by atoms with Gasteiger partial charge in [-0.3, -0.25) is 0 Å². The highest BCUT2D eigenvalue weighted by Gasteiger charge is 2.20. The van der Waals surface area contributed by atoms with Crippen molar-refractivity contribution in [3.8, 4) is 0 Å². The Morgan fingerprint density at radius 2 is 2.00 bits per heavy atom. The van der Waals surface area contributed by atoms with Crippen LogP contribution in [0.15, 0.2) is 22.7 Å². The molecule has 1 fully saturated rings. The van der Waals surface area contributed by atoms with E-state index in [1.807, 2.05) is 6.07 Å². The molecule has 3 heteroatoms. The first-order valence-corrected chi connectivity index (χ1v) is 8.07. The van der Waals surface area contributed by atoms with Crippen LogP contribution in [0.25, 0.3) is 0 Å². The highest BCUT2D eigenvalue weighted by Crippen LogP contribution is 2.31. The van der Waals surface area contributed by atoms with E-state index in [-0.39, 0.29) is 0 Å². The number of hydrogen-bond acceptors (Lipinski definition) is 1. The Labute approximate surface area is 123 Å². The molecule has 18 heavy (non-hydrogen) atoms. The van der Waals surface area contributed by atoms with Crippen molar-refractivity contribution >= 4 is 33.2 Å². The molecular weight excluding hydrogens is 310 g/mol. The largest absolute Gasteiger partial charge is 0.382 e. The fourth-order valence-corrected chi connectivity index (χ4v) is 3.32. The molecule has 1 aromatic rings. The summed E-state index contributed by atoms with van der Waals surface area (Å²) in [6.07, 6.45) is 8.07. The lowest BCUT2D eigenvalue weighted by molar-refractivity contribution is 0.319. The zero-order chi connectivity index (χ0) is 13.0. The summed E-state index contributed by atoms with van der Waals surface area (Å²) in [5.41, 5.74) is 1.17. The predicted octanol–water partition coefficient (Wildman–Crippen LogP) is 5.87. The maximum absolute atomic E-state index is 6.00. The normalized spacial score (nSPS) is 23.9. The van der Waals surface area contributed by atoms with Crippen molar-refractivity contribution < 1.29 is 0 Å². The zero-order valence-electron chi connectivity index (χ0n) is 10.9. The van der Waals surface area contributed by atoms with Gasteiger partial charge in [0.05, 0.1) is 5.02 Å². The van der Waals surface area contributed by atoms with Gasteiger partial charge < -0.3 is 5.32 Å². The van der Waals surface area contributed by atoms with Crippen molar-refractivity contribution in [3.05, 3.63) is 27.7 Å². The van der Waals surface area contributed by atoms with Crippen LogP contribution in [0.2, 0.25) is 5.02 Å². The van der Waals surface area contributed by atoms with E-state index in [1.165, 1.54) is 44.2 Å². The minimum absolute atomic E-state index is 0.631. The highest BCUT2D eigenvalue weighted by atomic mass is 79.9. The Morgan fingerprint density at radius 1 is 1.28 bits per heavy atom.